The molecule has 0 unspecified atom stereocenters. The monoisotopic (exact) mass is 319 g/mol. The van der Waals surface area contributed by atoms with Crippen molar-refractivity contribution in [2.45, 2.75) is 12.7 Å². The van der Waals surface area contributed by atoms with Gasteiger partial charge in [0.15, 0.2) is 0 Å². The summed E-state index contributed by atoms with van der Waals surface area (Å²) in [5, 5.41) is 2.64. The number of nitrogens with zero attached hydrogens (tertiary/aromatic N) is 2. The second kappa shape index (κ2) is 5.75. The van der Waals surface area contributed by atoms with E-state index in [2.05, 4.69) is 10.3 Å². The van der Waals surface area contributed by atoms with E-state index < -0.39 is 11.7 Å². The number of imidazole rings is 1. The molecule has 3 aromatic rings. The van der Waals surface area contributed by atoms with Gasteiger partial charge in [-0.2, -0.15) is 13.2 Å². The highest BCUT2D eigenvalue weighted by Gasteiger charge is 2.29. The van der Waals surface area contributed by atoms with Gasteiger partial charge in [0.25, 0.3) is 5.91 Å². The molecule has 7 heteroatoms. The van der Waals surface area contributed by atoms with Crippen LogP contribution in [0, 0.1) is 0 Å². The molecule has 0 aliphatic heterocycles. The molecule has 0 fully saturated rings. The van der Waals surface area contributed by atoms with E-state index in [1.165, 1.54) is 12.1 Å². The summed E-state index contributed by atoms with van der Waals surface area (Å²) in [7, 11) is 0. The highest BCUT2D eigenvalue weighted by molar-refractivity contribution is 5.92. The lowest BCUT2D eigenvalue weighted by Crippen LogP contribution is -2.23. The van der Waals surface area contributed by atoms with E-state index in [-0.39, 0.29) is 18.1 Å². The van der Waals surface area contributed by atoms with Crippen molar-refractivity contribution in [2.24, 2.45) is 0 Å². The number of halogens is 3. The molecule has 1 amide bonds. The molecular formula is C16H12F3N3O. The Morgan fingerprint density at radius 1 is 1.13 bits per heavy atom. The van der Waals surface area contributed by atoms with E-state index in [4.69, 9.17) is 0 Å². The van der Waals surface area contributed by atoms with Crippen LogP contribution in [0.4, 0.5) is 13.2 Å². The maximum absolute atomic E-state index is 12.5. The fourth-order valence-corrected chi connectivity index (χ4v) is 2.13. The molecule has 0 aliphatic rings. The van der Waals surface area contributed by atoms with Gasteiger partial charge in [0.1, 0.15) is 11.3 Å². The number of rotatable bonds is 3. The number of alkyl halides is 3. The second-order valence-corrected chi connectivity index (χ2v) is 4.97. The summed E-state index contributed by atoms with van der Waals surface area (Å²) in [5.41, 5.74) is 0.762. The van der Waals surface area contributed by atoms with E-state index in [0.717, 1.165) is 12.1 Å². The summed E-state index contributed by atoms with van der Waals surface area (Å²) in [6.07, 6.45) is -0.995. The number of pyridine rings is 1. The van der Waals surface area contributed by atoms with Crippen molar-refractivity contribution in [1.82, 2.24) is 14.7 Å². The van der Waals surface area contributed by atoms with Crippen molar-refractivity contribution >= 4 is 11.6 Å². The van der Waals surface area contributed by atoms with Gasteiger partial charge in [-0.1, -0.05) is 18.2 Å². The molecule has 1 aromatic carbocycles. The largest absolute Gasteiger partial charge is 0.416 e. The Labute approximate surface area is 129 Å². The summed E-state index contributed by atoms with van der Waals surface area (Å²) in [4.78, 5) is 16.2. The third kappa shape index (κ3) is 3.33. The quantitative estimate of drug-likeness (QED) is 0.805. The first-order chi connectivity index (χ1) is 10.9. The zero-order chi connectivity index (χ0) is 16.4. The number of carbonyl (C=O) groups excluding carboxylic acids is 1. The van der Waals surface area contributed by atoms with Gasteiger partial charge in [-0.25, -0.2) is 4.98 Å². The van der Waals surface area contributed by atoms with Crippen LogP contribution in [0.3, 0.4) is 0 Å². The number of hydrogen-bond donors (Lipinski definition) is 1. The molecule has 0 spiro atoms. The van der Waals surface area contributed by atoms with Gasteiger partial charge >= 0.3 is 6.18 Å². The molecule has 0 saturated carbocycles. The molecule has 3 rings (SSSR count). The number of hydrogen-bond acceptors (Lipinski definition) is 2. The molecule has 1 N–H and O–H groups in total. The minimum atomic E-state index is -4.36. The van der Waals surface area contributed by atoms with Crippen LogP contribution in [0.2, 0.25) is 0 Å². The Balaban J connectivity index is 1.66. The number of fused-ring (bicyclic) bond motifs is 1. The van der Waals surface area contributed by atoms with Crippen molar-refractivity contribution in [3.8, 4) is 0 Å². The Hall–Kier alpha value is -2.83. The number of aromatic nitrogens is 2. The predicted molar refractivity (Wildman–Crippen MR) is 77.8 cm³/mol. The van der Waals surface area contributed by atoms with Gasteiger partial charge in [0.2, 0.25) is 0 Å². The molecular weight excluding hydrogens is 307 g/mol. The molecule has 4 nitrogen and oxygen atoms in total. The smallest absolute Gasteiger partial charge is 0.347 e. The maximum Gasteiger partial charge on any atom is 0.416 e. The summed E-state index contributed by atoms with van der Waals surface area (Å²) in [6, 6.07) is 10.1. The third-order valence-corrected chi connectivity index (χ3v) is 3.33. The van der Waals surface area contributed by atoms with Gasteiger partial charge in [-0.3, -0.25) is 4.79 Å². The van der Waals surface area contributed by atoms with Gasteiger partial charge in [-0.05, 0) is 29.8 Å². The van der Waals surface area contributed by atoms with E-state index in [0.29, 0.717) is 11.2 Å². The first kappa shape index (κ1) is 15.1. The first-order valence-electron chi connectivity index (χ1n) is 6.81. The molecule has 2 aromatic heterocycles. The fraction of sp³-hybridized carbons (Fsp3) is 0.125. The topological polar surface area (TPSA) is 46.4 Å². The molecule has 0 saturated heterocycles. The van der Waals surface area contributed by atoms with Crippen molar-refractivity contribution < 1.29 is 18.0 Å². The average molecular weight is 319 g/mol. The Kier molecular flexibility index (Phi) is 3.77. The molecule has 118 valence electrons. The number of amides is 1. The van der Waals surface area contributed by atoms with Crippen LogP contribution in [-0.2, 0) is 12.7 Å². The van der Waals surface area contributed by atoms with Crippen molar-refractivity contribution in [3.63, 3.8) is 0 Å². The zero-order valence-corrected chi connectivity index (χ0v) is 11.8. The van der Waals surface area contributed by atoms with Crippen molar-refractivity contribution in [3.05, 3.63) is 71.7 Å². The normalized spacial score (nSPS) is 11.6. The van der Waals surface area contributed by atoms with Crippen LogP contribution in [0.5, 0.6) is 0 Å². The van der Waals surface area contributed by atoms with Crippen molar-refractivity contribution in [1.29, 1.82) is 0 Å². The van der Waals surface area contributed by atoms with Crippen molar-refractivity contribution in [2.75, 3.05) is 0 Å². The average Bonchev–Trinajstić information content (AvgIpc) is 2.96. The van der Waals surface area contributed by atoms with Crippen LogP contribution in [-0.4, -0.2) is 15.3 Å². The van der Waals surface area contributed by atoms with Gasteiger partial charge < -0.3 is 9.72 Å². The predicted octanol–water partition coefficient (Wildman–Crippen LogP) is 3.28. The van der Waals surface area contributed by atoms with Crippen LogP contribution in [0.1, 0.15) is 21.6 Å². The van der Waals surface area contributed by atoms with Gasteiger partial charge in [-0.15, -0.1) is 0 Å². The summed E-state index contributed by atoms with van der Waals surface area (Å²) < 4.78 is 39.1. The van der Waals surface area contributed by atoms with Gasteiger partial charge in [0.05, 0.1) is 5.56 Å². The van der Waals surface area contributed by atoms with E-state index >= 15 is 0 Å². The van der Waals surface area contributed by atoms with E-state index in [9.17, 15) is 18.0 Å². The highest BCUT2D eigenvalue weighted by Crippen LogP contribution is 2.29. The molecule has 23 heavy (non-hydrogen) atoms. The maximum atomic E-state index is 12.5. The van der Waals surface area contributed by atoms with Crippen LogP contribution < -0.4 is 5.32 Å². The minimum Gasteiger partial charge on any atom is -0.347 e. The van der Waals surface area contributed by atoms with Crippen LogP contribution in [0.25, 0.3) is 5.65 Å². The molecule has 0 aliphatic carbocycles. The number of benzene rings is 1. The molecule has 2 heterocycles. The molecule has 0 radical (unpaired) electrons. The fourth-order valence-electron chi connectivity index (χ4n) is 2.13. The molecule has 0 atom stereocenters. The van der Waals surface area contributed by atoms with Crippen LogP contribution >= 0.6 is 0 Å². The van der Waals surface area contributed by atoms with E-state index in [1.807, 2.05) is 12.1 Å². The number of nitrogens with one attached hydrogen (secondary N) is 1. The summed E-state index contributed by atoms with van der Waals surface area (Å²) in [5.74, 6) is -0.381. The minimum absolute atomic E-state index is 0.130. The SMILES string of the molecule is O=C(NCc1ccc(C(F)(F)F)cc1)c1cn2ccccc2n1. The summed E-state index contributed by atoms with van der Waals surface area (Å²) in [6.45, 7) is 0.130. The summed E-state index contributed by atoms with van der Waals surface area (Å²) >= 11 is 0. The lowest BCUT2D eigenvalue weighted by molar-refractivity contribution is -0.137. The highest BCUT2D eigenvalue weighted by atomic mass is 19.4. The first-order valence-corrected chi connectivity index (χ1v) is 6.81. The second-order valence-electron chi connectivity index (χ2n) is 4.97. The van der Waals surface area contributed by atoms with Crippen LogP contribution in [0.15, 0.2) is 54.9 Å². The Morgan fingerprint density at radius 3 is 2.52 bits per heavy atom. The lowest BCUT2D eigenvalue weighted by Gasteiger charge is -2.08. The van der Waals surface area contributed by atoms with Gasteiger partial charge in [0, 0.05) is 18.9 Å². The lowest BCUT2D eigenvalue weighted by atomic mass is 10.1. The third-order valence-electron chi connectivity index (χ3n) is 3.33. The Bertz CT molecular complexity index is 805. The Morgan fingerprint density at radius 2 is 1.87 bits per heavy atom. The van der Waals surface area contributed by atoms with E-state index in [1.54, 1.807) is 22.9 Å². The zero-order valence-electron chi connectivity index (χ0n) is 11.8. The molecule has 0 bridgehead atoms. The number of carbonyl (C=O) groups is 1. The standard InChI is InChI=1S/C16H12F3N3O/c17-16(18,19)12-6-4-11(5-7-12)9-20-15(23)13-10-22-8-2-1-3-14(22)21-13/h1-8,10H,9H2,(H,20,23).